The molecule has 0 heterocycles. The van der Waals surface area contributed by atoms with E-state index < -0.39 is 19.0 Å². The van der Waals surface area contributed by atoms with Crippen molar-refractivity contribution in [2.45, 2.75) is 75.8 Å². The second-order valence-corrected chi connectivity index (χ2v) is 13.0. The quantitative estimate of drug-likeness (QED) is 0.427. The van der Waals surface area contributed by atoms with E-state index in [2.05, 4.69) is 32.6 Å². The molecule has 0 aromatic rings. The lowest BCUT2D eigenvalue weighted by Gasteiger charge is -2.67. The fourth-order valence-electron chi connectivity index (χ4n) is 4.42. The first-order valence-corrected chi connectivity index (χ1v) is 11.8. The van der Waals surface area contributed by atoms with Crippen LogP contribution in [0.3, 0.4) is 0 Å². The lowest BCUT2D eigenvalue weighted by molar-refractivity contribution is -0.331. The Balaban J connectivity index is 2.39. The van der Waals surface area contributed by atoms with Gasteiger partial charge in [-0.2, -0.15) is 5.26 Å². The number of rotatable bonds is 4. The Kier molecular flexibility index (Phi) is 4.54. The van der Waals surface area contributed by atoms with Crippen LogP contribution in [0.5, 0.6) is 0 Å². The van der Waals surface area contributed by atoms with E-state index in [1.165, 1.54) is 32.1 Å². The summed E-state index contributed by atoms with van der Waals surface area (Å²) in [5.74, 6) is -0.439. The van der Waals surface area contributed by atoms with E-state index >= 15 is 0 Å². The maximum atomic E-state index is 9.61. The first-order valence-electron chi connectivity index (χ1n) is 8.00. The van der Waals surface area contributed by atoms with Crippen LogP contribution in [0.4, 0.5) is 0 Å². The predicted molar refractivity (Wildman–Crippen MR) is 87.7 cm³/mol. The van der Waals surface area contributed by atoms with Gasteiger partial charge in [0.15, 0.2) is 19.0 Å². The molecule has 2 saturated carbocycles. The molecule has 0 saturated heterocycles. The number of nitriles is 1. The summed E-state index contributed by atoms with van der Waals surface area (Å²) in [7, 11) is -0.254. The topological polar surface area (TPSA) is 42.2 Å². The number of hydrogen-bond donors (Lipinski definition) is 0. The minimum atomic E-state index is -1.90. The molecule has 5 heteroatoms. The molecule has 0 amide bonds. The van der Waals surface area contributed by atoms with E-state index in [1.54, 1.807) is 7.11 Å². The number of halogens is 1. The molecular formula is C16H28ClNO2Si. The van der Waals surface area contributed by atoms with Crippen molar-refractivity contribution >= 4 is 19.9 Å². The third-order valence-electron chi connectivity index (χ3n) is 5.31. The third kappa shape index (κ3) is 2.57. The van der Waals surface area contributed by atoms with Gasteiger partial charge in [0, 0.05) is 12.5 Å². The van der Waals surface area contributed by atoms with Crippen molar-refractivity contribution in [1.29, 1.82) is 5.26 Å². The molecule has 0 aromatic carbocycles. The Morgan fingerprint density at radius 3 is 2.19 bits per heavy atom. The summed E-state index contributed by atoms with van der Waals surface area (Å²) in [4.78, 5) is -1.06. The van der Waals surface area contributed by atoms with Crippen molar-refractivity contribution in [2.24, 2.45) is 11.3 Å². The van der Waals surface area contributed by atoms with Crippen LogP contribution in [0.15, 0.2) is 0 Å². The minimum Gasteiger partial charge on any atom is -0.388 e. The summed E-state index contributed by atoms with van der Waals surface area (Å²) in [6, 6.07) is 2.27. The monoisotopic (exact) mass is 329 g/mol. The van der Waals surface area contributed by atoms with Gasteiger partial charge >= 0.3 is 0 Å². The molecule has 2 rings (SSSR count). The highest BCUT2D eigenvalue weighted by Crippen LogP contribution is 2.67. The zero-order valence-electron chi connectivity index (χ0n) is 14.0. The van der Waals surface area contributed by atoms with Gasteiger partial charge < -0.3 is 9.16 Å². The second kappa shape index (κ2) is 5.52. The molecule has 0 bridgehead atoms. The van der Waals surface area contributed by atoms with Gasteiger partial charge in [-0.25, -0.2) is 0 Å². The van der Waals surface area contributed by atoms with E-state index in [0.717, 1.165) is 0 Å². The van der Waals surface area contributed by atoms with Gasteiger partial charge in [0.1, 0.15) is 0 Å². The van der Waals surface area contributed by atoms with E-state index in [9.17, 15) is 5.26 Å². The van der Waals surface area contributed by atoms with Crippen LogP contribution >= 0.6 is 11.6 Å². The number of methoxy groups -OCH3 is 1. The second-order valence-electron chi connectivity index (χ2n) is 7.88. The van der Waals surface area contributed by atoms with Gasteiger partial charge in [-0.1, -0.05) is 37.8 Å². The Hall–Kier alpha value is -0.0831. The van der Waals surface area contributed by atoms with Crippen LogP contribution in [-0.4, -0.2) is 26.1 Å². The van der Waals surface area contributed by atoms with Gasteiger partial charge in [0.05, 0.1) is 6.07 Å². The molecule has 3 atom stereocenters. The average molecular weight is 330 g/mol. The molecule has 3 unspecified atom stereocenters. The Labute approximate surface area is 135 Å². The number of ether oxygens (including phenoxy) is 1. The molecule has 0 aromatic heterocycles. The van der Waals surface area contributed by atoms with Crippen molar-refractivity contribution in [3.8, 4) is 6.07 Å². The Bertz CT molecular complexity index is 441. The molecule has 21 heavy (non-hydrogen) atoms. The Morgan fingerprint density at radius 2 is 1.76 bits per heavy atom. The highest BCUT2D eigenvalue weighted by atomic mass is 35.5. The summed E-state index contributed by atoms with van der Waals surface area (Å²) >= 11 is 6.64. The van der Waals surface area contributed by atoms with E-state index in [4.69, 9.17) is 20.8 Å². The highest BCUT2D eigenvalue weighted by Gasteiger charge is 2.77. The lowest BCUT2D eigenvalue weighted by atomic mass is 9.49. The van der Waals surface area contributed by atoms with Crippen LogP contribution in [0.25, 0.3) is 0 Å². The molecular weight excluding hydrogens is 302 g/mol. The smallest absolute Gasteiger partial charge is 0.197 e. The van der Waals surface area contributed by atoms with Gasteiger partial charge in [-0.3, -0.25) is 0 Å². The van der Waals surface area contributed by atoms with Crippen LogP contribution < -0.4 is 0 Å². The first kappa shape index (κ1) is 17.3. The molecule has 3 nitrogen and oxygen atoms in total. The summed E-state index contributed by atoms with van der Waals surface area (Å²) in [5, 5.41) is 9.61. The van der Waals surface area contributed by atoms with Gasteiger partial charge in [-0.15, -0.1) is 0 Å². The third-order valence-corrected chi connectivity index (χ3v) is 6.67. The summed E-state index contributed by atoms with van der Waals surface area (Å²) < 4.78 is 12.3. The SMILES string of the molecule is COC1(O[Si](C)(C)C)C(Cl)(C#N)CC1(C)C1CCCCC1. The lowest BCUT2D eigenvalue weighted by Crippen LogP contribution is -2.77. The van der Waals surface area contributed by atoms with Crippen molar-refractivity contribution in [3.05, 3.63) is 0 Å². The maximum Gasteiger partial charge on any atom is 0.197 e. The first-order chi connectivity index (χ1) is 9.64. The molecule has 0 radical (unpaired) electrons. The number of hydrogen-bond acceptors (Lipinski definition) is 3. The van der Waals surface area contributed by atoms with Crippen LogP contribution in [0.2, 0.25) is 19.6 Å². The maximum absolute atomic E-state index is 9.61. The molecule has 0 spiro atoms. The fraction of sp³-hybridized carbons (Fsp3) is 0.938. The van der Waals surface area contributed by atoms with Crippen LogP contribution in [0.1, 0.15) is 45.4 Å². The van der Waals surface area contributed by atoms with Gasteiger partial charge in [0.2, 0.25) is 0 Å². The van der Waals surface area contributed by atoms with Crippen molar-refractivity contribution in [2.75, 3.05) is 7.11 Å². The zero-order chi connectivity index (χ0) is 15.9. The number of alkyl halides is 1. The largest absolute Gasteiger partial charge is 0.388 e. The van der Waals surface area contributed by atoms with E-state index in [0.29, 0.717) is 12.3 Å². The average Bonchev–Trinajstić information content (AvgIpc) is 2.44. The number of nitrogens with zero attached hydrogens (tertiary/aromatic N) is 1. The van der Waals surface area contributed by atoms with Gasteiger partial charge in [-0.05, 0) is 44.8 Å². The summed E-state index contributed by atoms with van der Waals surface area (Å²) in [6.45, 7) is 8.59. The van der Waals surface area contributed by atoms with E-state index in [1.807, 2.05) is 0 Å². The minimum absolute atomic E-state index is 0.167. The Morgan fingerprint density at radius 1 is 1.19 bits per heavy atom. The standard InChI is InChI=1S/C16H28ClNO2Si/c1-14(13-9-7-6-8-10-13)11-15(17,12-18)16(14,19-2)20-21(3,4)5/h13H,6-11H2,1-5H3. The molecule has 2 aliphatic rings. The van der Waals surface area contributed by atoms with Gasteiger partial charge in [0.25, 0.3) is 0 Å². The molecule has 2 aliphatic carbocycles. The zero-order valence-corrected chi connectivity index (χ0v) is 15.7. The molecule has 2 fully saturated rings. The highest BCUT2D eigenvalue weighted by molar-refractivity contribution is 6.69. The van der Waals surface area contributed by atoms with Crippen molar-refractivity contribution in [1.82, 2.24) is 0 Å². The molecule has 0 N–H and O–H groups in total. The molecule has 120 valence electrons. The predicted octanol–water partition coefficient (Wildman–Crippen LogP) is 4.67. The van der Waals surface area contributed by atoms with Crippen molar-refractivity contribution < 1.29 is 9.16 Å². The summed E-state index contributed by atoms with van der Waals surface area (Å²) in [5.41, 5.74) is -0.167. The van der Waals surface area contributed by atoms with Crippen LogP contribution in [-0.2, 0) is 9.16 Å². The van der Waals surface area contributed by atoms with Crippen LogP contribution in [0, 0.1) is 22.7 Å². The molecule has 0 aliphatic heterocycles. The summed E-state index contributed by atoms with van der Waals surface area (Å²) in [6.07, 6.45) is 6.86. The fourth-order valence-corrected chi connectivity index (χ4v) is 6.44. The van der Waals surface area contributed by atoms with E-state index in [-0.39, 0.29) is 5.41 Å². The van der Waals surface area contributed by atoms with Crippen molar-refractivity contribution in [3.63, 3.8) is 0 Å². The normalized spacial score (nSPS) is 41.4.